The Morgan fingerprint density at radius 1 is 1.00 bits per heavy atom. The summed E-state index contributed by atoms with van der Waals surface area (Å²) in [5.41, 5.74) is 4.42. The van der Waals surface area contributed by atoms with Crippen LogP contribution in [0.25, 0.3) is 16.9 Å². The Bertz CT molecular complexity index is 1160. The fourth-order valence-corrected chi connectivity index (χ4v) is 4.92. The molecule has 2 aromatic carbocycles. The molecule has 0 bridgehead atoms. The molecule has 0 unspecified atom stereocenters. The second-order valence-corrected chi connectivity index (χ2v) is 9.56. The third-order valence-corrected chi connectivity index (χ3v) is 7.24. The summed E-state index contributed by atoms with van der Waals surface area (Å²) in [6.07, 6.45) is 4.09. The van der Waals surface area contributed by atoms with Gasteiger partial charge < -0.3 is 14.6 Å². The van der Waals surface area contributed by atoms with E-state index in [1.807, 2.05) is 18.2 Å². The average Bonchev–Trinajstić information content (AvgIpc) is 3.53. The van der Waals surface area contributed by atoms with Crippen molar-refractivity contribution in [3.05, 3.63) is 88.7 Å². The number of hydrogen-bond donors (Lipinski definition) is 1. The molecular weight excluding hydrogens is 448 g/mol. The van der Waals surface area contributed by atoms with E-state index in [0.29, 0.717) is 19.4 Å². The van der Waals surface area contributed by atoms with Crippen molar-refractivity contribution in [2.24, 2.45) is 0 Å². The van der Waals surface area contributed by atoms with E-state index in [0.717, 1.165) is 34.8 Å². The molecule has 6 heteroatoms. The Labute approximate surface area is 203 Å². The van der Waals surface area contributed by atoms with Crippen molar-refractivity contribution in [2.45, 2.75) is 24.2 Å². The van der Waals surface area contributed by atoms with E-state index >= 15 is 0 Å². The highest BCUT2D eigenvalue weighted by Gasteiger charge is 2.14. The van der Waals surface area contributed by atoms with Crippen LogP contribution >= 0.6 is 23.1 Å². The minimum Gasteiger partial charge on any atom is -0.497 e. The van der Waals surface area contributed by atoms with Crippen molar-refractivity contribution >= 4 is 29.0 Å². The number of nitrogens with zero attached hydrogens (tertiary/aromatic N) is 1. The number of rotatable bonds is 10. The zero-order valence-corrected chi connectivity index (χ0v) is 20.5. The van der Waals surface area contributed by atoms with E-state index in [-0.39, 0.29) is 5.91 Å². The Morgan fingerprint density at radius 2 is 1.79 bits per heavy atom. The van der Waals surface area contributed by atoms with E-state index in [1.54, 1.807) is 30.2 Å². The van der Waals surface area contributed by atoms with Gasteiger partial charge in [-0.2, -0.15) is 0 Å². The molecule has 170 valence electrons. The van der Waals surface area contributed by atoms with Crippen LogP contribution in [0.1, 0.15) is 17.0 Å². The largest absolute Gasteiger partial charge is 0.497 e. The quantitative estimate of drug-likeness (QED) is 0.276. The molecule has 0 atom stereocenters. The molecule has 4 aromatic rings. The van der Waals surface area contributed by atoms with Crippen LogP contribution in [0, 0.1) is 0 Å². The highest BCUT2D eigenvalue weighted by Crippen LogP contribution is 2.29. The van der Waals surface area contributed by atoms with Gasteiger partial charge in [-0.25, -0.2) is 0 Å². The van der Waals surface area contributed by atoms with Gasteiger partial charge in [0, 0.05) is 34.1 Å². The number of nitrogens with one attached hydrogen (secondary N) is 1. The molecular formula is C27H28N2O2S2. The molecule has 0 spiro atoms. The van der Waals surface area contributed by atoms with Gasteiger partial charge in [0.25, 0.3) is 0 Å². The number of carbonyl (C=O) groups is 1. The number of amides is 1. The van der Waals surface area contributed by atoms with Crippen LogP contribution in [0.3, 0.4) is 0 Å². The van der Waals surface area contributed by atoms with Crippen molar-refractivity contribution in [1.82, 2.24) is 9.88 Å². The number of thiophene rings is 1. The smallest absolute Gasteiger partial charge is 0.220 e. The Kier molecular flexibility index (Phi) is 7.92. The van der Waals surface area contributed by atoms with Gasteiger partial charge in [-0.3, -0.25) is 4.79 Å². The molecule has 0 fully saturated rings. The van der Waals surface area contributed by atoms with E-state index < -0.39 is 0 Å². The molecule has 1 N–H and O–H groups in total. The molecule has 0 aliphatic heterocycles. The average molecular weight is 477 g/mol. The zero-order valence-electron chi connectivity index (χ0n) is 18.9. The Hall–Kier alpha value is -2.96. The monoisotopic (exact) mass is 476 g/mol. The molecule has 0 aliphatic carbocycles. The van der Waals surface area contributed by atoms with Gasteiger partial charge in [-0.1, -0.05) is 6.07 Å². The molecule has 33 heavy (non-hydrogen) atoms. The van der Waals surface area contributed by atoms with Gasteiger partial charge in [0.15, 0.2) is 0 Å². The van der Waals surface area contributed by atoms with E-state index in [2.05, 4.69) is 76.1 Å². The molecule has 4 nitrogen and oxygen atoms in total. The summed E-state index contributed by atoms with van der Waals surface area (Å²) in [6, 6.07) is 25.1. The van der Waals surface area contributed by atoms with Crippen LogP contribution in [-0.2, 0) is 17.6 Å². The fraction of sp³-hybridized carbons (Fsp3) is 0.222. The van der Waals surface area contributed by atoms with Crippen LogP contribution in [-0.4, -0.2) is 30.4 Å². The number of carbonyl (C=O) groups excluding carboxylic acids is 1. The summed E-state index contributed by atoms with van der Waals surface area (Å²) in [6.45, 7) is 0.674. The van der Waals surface area contributed by atoms with Gasteiger partial charge in [0.05, 0.1) is 12.8 Å². The molecule has 0 radical (unpaired) electrons. The van der Waals surface area contributed by atoms with E-state index in [4.69, 9.17) is 4.74 Å². The van der Waals surface area contributed by atoms with Crippen molar-refractivity contribution < 1.29 is 9.53 Å². The maximum atomic E-state index is 12.5. The minimum atomic E-state index is 0.0861. The minimum absolute atomic E-state index is 0.0861. The Balaban J connectivity index is 1.52. The third-order valence-electron chi connectivity index (χ3n) is 5.56. The maximum Gasteiger partial charge on any atom is 0.220 e. The normalized spacial score (nSPS) is 10.8. The van der Waals surface area contributed by atoms with Gasteiger partial charge in [0.1, 0.15) is 5.75 Å². The molecule has 2 aromatic heterocycles. The predicted molar refractivity (Wildman–Crippen MR) is 139 cm³/mol. The van der Waals surface area contributed by atoms with Crippen molar-refractivity contribution in [1.29, 1.82) is 0 Å². The third kappa shape index (κ3) is 5.89. The summed E-state index contributed by atoms with van der Waals surface area (Å²) >= 11 is 3.45. The fourth-order valence-electron chi connectivity index (χ4n) is 3.81. The maximum absolute atomic E-state index is 12.5. The number of methoxy groups -OCH3 is 1. The zero-order chi connectivity index (χ0) is 23.0. The van der Waals surface area contributed by atoms with Crippen LogP contribution in [0.4, 0.5) is 0 Å². The number of benzene rings is 2. The van der Waals surface area contributed by atoms with Gasteiger partial charge in [-0.05, 0) is 96.8 Å². The summed E-state index contributed by atoms with van der Waals surface area (Å²) in [5.74, 6) is 0.920. The van der Waals surface area contributed by atoms with E-state index in [9.17, 15) is 4.79 Å². The van der Waals surface area contributed by atoms with Crippen molar-refractivity contribution in [3.63, 3.8) is 0 Å². The lowest BCUT2D eigenvalue weighted by atomic mass is 10.1. The number of aryl methyl sites for hydroxylation is 1. The highest BCUT2D eigenvalue weighted by molar-refractivity contribution is 7.98. The molecule has 0 saturated heterocycles. The summed E-state index contributed by atoms with van der Waals surface area (Å²) < 4.78 is 7.57. The van der Waals surface area contributed by atoms with Crippen LogP contribution in [0.5, 0.6) is 5.75 Å². The first-order valence-electron chi connectivity index (χ1n) is 11.0. The second kappa shape index (κ2) is 11.3. The molecule has 0 aliphatic rings. The summed E-state index contributed by atoms with van der Waals surface area (Å²) in [7, 11) is 1.68. The highest BCUT2D eigenvalue weighted by atomic mass is 32.2. The number of aromatic nitrogens is 1. The number of ether oxygens (including phenoxy) is 1. The topological polar surface area (TPSA) is 43.3 Å². The van der Waals surface area contributed by atoms with Crippen molar-refractivity contribution in [3.8, 4) is 22.7 Å². The van der Waals surface area contributed by atoms with Crippen LogP contribution in [0.15, 0.2) is 83.1 Å². The lowest BCUT2D eigenvalue weighted by Gasteiger charge is -2.15. The molecule has 2 heterocycles. The first kappa shape index (κ1) is 23.2. The van der Waals surface area contributed by atoms with Gasteiger partial charge >= 0.3 is 0 Å². The molecule has 0 saturated carbocycles. The standard InChI is InChI=1S/C27H28N2O2S2/c1-31-23-11-5-20(6-12-23)26-15-9-22(29(26)21-7-13-24(32-2)14-8-21)10-16-27(30)28-18-17-25-4-3-19-33-25/h3-9,11-15,19H,10,16-18H2,1-2H3,(H,28,30). The predicted octanol–water partition coefficient (Wildman–Crippen LogP) is 6.23. The summed E-state index contributed by atoms with van der Waals surface area (Å²) in [5, 5.41) is 5.13. The lowest BCUT2D eigenvalue weighted by molar-refractivity contribution is -0.121. The number of thioether (sulfide) groups is 1. The first-order valence-corrected chi connectivity index (χ1v) is 13.1. The SMILES string of the molecule is COc1ccc(-c2ccc(CCC(=O)NCCc3cccs3)n2-c2ccc(SC)cc2)cc1. The molecule has 1 amide bonds. The first-order chi connectivity index (χ1) is 16.2. The van der Waals surface area contributed by atoms with E-state index in [1.165, 1.54) is 9.77 Å². The van der Waals surface area contributed by atoms with Crippen LogP contribution in [0.2, 0.25) is 0 Å². The van der Waals surface area contributed by atoms with Crippen molar-refractivity contribution in [2.75, 3.05) is 19.9 Å². The van der Waals surface area contributed by atoms with Gasteiger partial charge in [-0.15, -0.1) is 23.1 Å². The van der Waals surface area contributed by atoms with Crippen LogP contribution < -0.4 is 10.1 Å². The van der Waals surface area contributed by atoms with Gasteiger partial charge in [0.2, 0.25) is 5.91 Å². The summed E-state index contributed by atoms with van der Waals surface area (Å²) in [4.78, 5) is 15.0. The lowest BCUT2D eigenvalue weighted by Crippen LogP contribution is -2.25. The second-order valence-electron chi connectivity index (χ2n) is 7.65. The Morgan fingerprint density at radius 3 is 2.45 bits per heavy atom. The molecule has 4 rings (SSSR count). The number of hydrogen-bond acceptors (Lipinski definition) is 4.